The van der Waals surface area contributed by atoms with E-state index in [2.05, 4.69) is 47.7 Å². The molecule has 1 fully saturated rings. The third-order valence-electron chi connectivity index (χ3n) is 4.99. The molecular formula is C17H25N3. The molecule has 0 radical (unpaired) electrons. The van der Waals surface area contributed by atoms with Gasteiger partial charge in [-0.25, -0.2) is 0 Å². The van der Waals surface area contributed by atoms with Crippen LogP contribution in [-0.2, 0) is 12.0 Å². The van der Waals surface area contributed by atoms with Crippen LogP contribution in [-0.4, -0.2) is 49.1 Å². The van der Waals surface area contributed by atoms with Crippen LogP contribution in [0.1, 0.15) is 17.5 Å². The average Bonchev–Trinajstić information content (AvgIpc) is 2.74. The van der Waals surface area contributed by atoms with Gasteiger partial charge >= 0.3 is 0 Å². The van der Waals surface area contributed by atoms with Crippen molar-refractivity contribution >= 4 is 0 Å². The number of benzene rings is 1. The van der Waals surface area contributed by atoms with Crippen LogP contribution < -0.4 is 5.73 Å². The Balaban J connectivity index is 1.90. The largest absolute Gasteiger partial charge is 0.320 e. The highest BCUT2D eigenvalue weighted by atomic mass is 15.3. The van der Waals surface area contributed by atoms with Crippen molar-refractivity contribution in [2.45, 2.75) is 24.4 Å². The molecule has 108 valence electrons. The van der Waals surface area contributed by atoms with E-state index in [0.29, 0.717) is 6.04 Å². The normalized spacial score (nSPS) is 31.2. The van der Waals surface area contributed by atoms with Crippen LogP contribution in [0, 0.1) is 0 Å². The van der Waals surface area contributed by atoms with Gasteiger partial charge in [0.05, 0.1) is 5.54 Å². The van der Waals surface area contributed by atoms with E-state index in [1.165, 1.54) is 11.1 Å². The number of nitrogens with two attached hydrogens (primary N) is 1. The van der Waals surface area contributed by atoms with Crippen LogP contribution in [0.2, 0.25) is 0 Å². The number of nitrogens with zero attached hydrogens (tertiary/aromatic N) is 2. The van der Waals surface area contributed by atoms with Crippen LogP contribution in [0.3, 0.4) is 0 Å². The molecule has 2 N–H and O–H groups in total. The molecule has 3 heteroatoms. The summed E-state index contributed by atoms with van der Waals surface area (Å²) in [6.07, 6.45) is 3.90. The molecule has 1 aliphatic carbocycles. The van der Waals surface area contributed by atoms with Gasteiger partial charge < -0.3 is 10.6 Å². The van der Waals surface area contributed by atoms with Crippen LogP contribution in [0.5, 0.6) is 0 Å². The summed E-state index contributed by atoms with van der Waals surface area (Å²) >= 11 is 0. The van der Waals surface area contributed by atoms with E-state index in [1.807, 2.05) is 6.08 Å². The molecule has 2 unspecified atom stereocenters. The molecule has 1 heterocycles. The third-order valence-corrected chi connectivity index (χ3v) is 4.99. The Morgan fingerprint density at radius 2 is 2.00 bits per heavy atom. The van der Waals surface area contributed by atoms with E-state index in [0.717, 1.165) is 39.0 Å². The predicted molar refractivity (Wildman–Crippen MR) is 83.7 cm³/mol. The molecule has 1 aromatic rings. The molecule has 2 atom stereocenters. The second-order valence-corrected chi connectivity index (χ2v) is 6.25. The van der Waals surface area contributed by atoms with E-state index in [9.17, 15) is 0 Å². The lowest BCUT2D eigenvalue weighted by Crippen LogP contribution is -2.58. The molecule has 1 aromatic carbocycles. The first-order valence-corrected chi connectivity index (χ1v) is 7.56. The standard InChI is InChI=1S/C17H25N3/c1-3-8-17(18)15-7-5-4-6-14(15)13-16(17)20-11-9-19(2)10-12-20/h3-7,16H,1,8-13,18H2,2H3. The molecule has 0 aromatic heterocycles. The first kappa shape index (κ1) is 13.8. The summed E-state index contributed by atoms with van der Waals surface area (Å²) in [6.45, 7) is 8.43. The van der Waals surface area contributed by atoms with E-state index in [1.54, 1.807) is 0 Å². The molecule has 0 amide bonds. The highest BCUT2D eigenvalue weighted by molar-refractivity contribution is 5.42. The van der Waals surface area contributed by atoms with Crippen LogP contribution >= 0.6 is 0 Å². The number of fused-ring (bicyclic) bond motifs is 1. The number of piperazine rings is 1. The van der Waals surface area contributed by atoms with Gasteiger partial charge in [0.2, 0.25) is 0 Å². The first-order chi connectivity index (χ1) is 9.65. The zero-order valence-corrected chi connectivity index (χ0v) is 12.4. The second kappa shape index (κ2) is 5.32. The lowest BCUT2D eigenvalue weighted by atomic mass is 9.85. The van der Waals surface area contributed by atoms with E-state index in [4.69, 9.17) is 5.73 Å². The van der Waals surface area contributed by atoms with Crippen molar-refractivity contribution in [1.82, 2.24) is 9.80 Å². The summed E-state index contributed by atoms with van der Waals surface area (Å²) in [7, 11) is 2.19. The fraction of sp³-hybridized carbons (Fsp3) is 0.529. The summed E-state index contributed by atoms with van der Waals surface area (Å²) in [4.78, 5) is 4.98. The smallest absolute Gasteiger partial charge is 0.0608 e. The molecule has 3 rings (SSSR count). The van der Waals surface area contributed by atoms with Crippen molar-refractivity contribution in [2.75, 3.05) is 33.2 Å². The summed E-state index contributed by atoms with van der Waals surface area (Å²) in [5.74, 6) is 0. The number of hydrogen-bond donors (Lipinski definition) is 1. The Morgan fingerprint density at radius 1 is 1.30 bits per heavy atom. The quantitative estimate of drug-likeness (QED) is 0.847. The highest BCUT2D eigenvalue weighted by Crippen LogP contribution is 2.40. The zero-order chi connectivity index (χ0) is 14.2. The number of rotatable bonds is 3. The lowest BCUT2D eigenvalue weighted by Gasteiger charge is -2.43. The minimum Gasteiger partial charge on any atom is -0.320 e. The van der Waals surface area contributed by atoms with Crippen LogP contribution in [0.15, 0.2) is 36.9 Å². The van der Waals surface area contributed by atoms with Crippen molar-refractivity contribution in [3.8, 4) is 0 Å². The highest BCUT2D eigenvalue weighted by Gasteiger charge is 2.45. The Morgan fingerprint density at radius 3 is 2.70 bits per heavy atom. The molecule has 1 saturated heterocycles. The van der Waals surface area contributed by atoms with Gasteiger partial charge in [-0.2, -0.15) is 0 Å². The Bertz CT molecular complexity index is 491. The van der Waals surface area contributed by atoms with E-state index < -0.39 is 0 Å². The third kappa shape index (κ3) is 2.20. The minimum absolute atomic E-state index is 0.270. The Hall–Kier alpha value is -1.16. The molecule has 20 heavy (non-hydrogen) atoms. The van der Waals surface area contributed by atoms with Crippen molar-refractivity contribution in [2.24, 2.45) is 5.73 Å². The fourth-order valence-electron chi connectivity index (χ4n) is 3.80. The maximum Gasteiger partial charge on any atom is 0.0608 e. The van der Waals surface area contributed by atoms with Gasteiger partial charge in [-0.15, -0.1) is 6.58 Å². The average molecular weight is 271 g/mol. The van der Waals surface area contributed by atoms with E-state index >= 15 is 0 Å². The maximum absolute atomic E-state index is 6.86. The number of likely N-dealkylation sites (N-methyl/N-ethyl adjacent to an activating group) is 1. The Labute approximate surface area is 122 Å². The molecule has 0 bridgehead atoms. The van der Waals surface area contributed by atoms with Crippen LogP contribution in [0.4, 0.5) is 0 Å². The maximum atomic E-state index is 6.86. The van der Waals surface area contributed by atoms with Crippen molar-refractivity contribution in [1.29, 1.82) is 0 Å². The summed E-state index contributed by atoms with van der Waals surface area (Å²) in [6, 6.07) is 9.08. The van der Waals surface area contributed by atoms with E-state index in [-0.39, 0.29) is 5.54 Å². The van der Waals surface area contributed by atoms with Crippen LogP contribution in [0.25, 0.3) is 0 Å². The SMILES string of the molecule is C=CCC1(N)c2ccccc2CC1N1CCN(C)CC1. The summed E-state index contributed by atoms with van der Waals surface area (Å²) in [5, 5.41) is 0. The van der Waals surface area contributed by atoms with Gasteiger partial charge in [0.25, 0.3) is 0 Å². The van der Waals surface area contributed by atoms with Gasteiger partial charge in [0, 0.05) is 32.2 Å². The summed E-state index contributed by atoms with van der Waals surface area (Å²) < 4.78 is 0. The van der Waals surface area contributed by atoms with Gasteiger partial charge in [-0.3, -0.25) is 4.90 Å². The monoisotopic (exact) mass is 271 g/mol. The second-order valence-electron chi connectivity index (χ2n) is 6.25. The molecule has 0 saturated carbocycles. The molecule has 3 nitrogen and oxygen atoms in total. The van der Waals surface area contributed by atoms with Gasteiger partial charge in [0.15, 0.2) is 0 Å². The number of hydrogen-bond acceptors (Lipinski definition) is 3. The first-order valence-electron chi connectivity index (χ1n) is 7.56. The topological polar surface area (TPSA) is 32.5 Å². The predicted octanol–water partition coefficient (Wildman–Crippen LogP) is 1.59. The molecular weight excluding hydrogens is 246 g/mol. The molecule has 2 aliphatic rings. The fourth-order valence-corrected chi connectivity index (χ4v) is 3.80. The van der Waals surface area contributed by atoms with Gasteiger partial charge in [0.1, 0.15) is 0 Å². The summed E-state index contributed by atoms with van der Waals surface area (Å²) in [5.41, 5.74) is 9.34. The van der Waals surface area contributed by atoms with Crippen molar-refractivity contribution in [3.63, 3.8) is 0 Å². The van der Waals surface area contributed by atoms with Gasteiger partial charge in [-0.05, 0) is 31.0 Å². The lowest BCUT2D eigenvalue weighted by molar-refractivity contribution is 0.0753. The molecule has 1 aliphatic heterocycles. The zero-order valence-electron chi connectivity index (χ0n) is 12.4. The van der Waals surface area contributed by atoms with Crippen molar-refractivity contribution in [3.05, 3.63) is 48.0 Å². The molecule has 0 spiro atoms. The Kier molecular flexibility index (Phi) is 3.67. The van der Waals surface area contributed by atoms with Crippen molar-refractivity contribution < 1.29 is 0 Å². The minimum atomic E-state index is -0.270. The van der Waals surface area contributed by atoms with Gasteiger partial charge in [-0.1, -0.05) is 30.3 Å².